The number of nitrogens with zero attached hydrogens (tertiary/aromatic N) is 2. The predicted octanol–water partition coefficient (Wildman–Crippen LogP) is 2.26. The van der Waals surface area contributed by atoms with Crippen molar-refractivity contribution in [3.05, 3.63) is 23.3 Å². The van der Waals surface area contributed by atoms with Crippen LogP contribution in [0.1, 0.15) is 18.5 Å². The number of hydrogen-bond acceptors (Lipinski definition) is 5. The molecule has 0 amide bonds. The molecule has 0 fully saturated rings. The summed E-state index contributed by atoms with van der Waals surface area (Å²) in [5, 5.41) is 3.24. The average molecular weight is 237 g/mol. The van der Waals surface area contributed by atoms with E-state index in [1.807, 2.05) is 12.4 Å². The minimum Gasteiger partial charge on any atom is -0.440 e. The molecule has 2 aromatic rings. The van der Waals surface area contributed by atoms with Crippen molar-refractivity contribution < 1.29 is 4.42 Å². The quantitative estimate of drug-likeness (QED) is 0.810. The van der Waals surface area contributed by atoms with E-state index in [1.54, 1.807) is 17.5 Å². The van der Waals surface area contributed by atoms with Crippen LogP contribution in [0.15, 0.2) is 16.1 Å². The molecule has 0 aliphatic heterocycles. The minimum atomic E-state index is 0.781. The van der Waals surface area contributed by atoms with Crippen molar-refractivity contribution in [2.45, 2.75) is 20.3 Å². The maximum atomic E-state index is 5.67. The van der Waals surface area contributed by atoms with E-state index in [0.717, 1.165) is 41.7 Å². The van der Waals surface area contributed by atoms with E-state index >= 15 is 0 Å². The Morgan fingerprint density at radius 2 is 2.31 bits per heavy atom. The molecule has 0 radical (unpaired) electrons. The Labute approximate surface area is 98.7 Å². The molecular formula is C11H15N3OS. The summed E-state index contributed by atoms with van der Waals surface area (Å²) >= 11 is 1.58. The molecule has 0 atom stereocenters. The molecule has 4 nitrogen and oxygen atoms in total. The molecule has 2 aromatic heterocycles. The number of hydrogen-bond donors (Lipinski definition) is 1. The number of aryl methyl sites for hydroxylation is 1. The van der Waals surface area contributed by atoms with Gasteiger partial charge in [0.25, 0.3) is 0 Å². The molecule has 0 aliphatic carbocycles. The fourth-order valence-corrected chi connectivity index (χ4v) is 2.19. The Balaban J connectivity index is 2.05. The summed E-state index contributed by atoms with van der Waals surface area (Å²) in [7, 11) is 0. The van der Waals surface area contributed by atoms with Gasteiger partial charge in [-0.2, -0.15) is 0 Å². The number of oxazole rings is 1. The minimum absolute atomic E-state index is 0.781. The van der Waals surface area contributed by atoms with E-state index in [-0.39, 0.29) is 0 Å². The molecule has 0 bridgehead atoms. The zero-order valence-corrected chi connectivity index (χ0v) is 10.3. The normalized spacial score (nSPS) is 10.9. The Kier molecular flexibility index (Phi) is 3.69. The Morgan fingerprint density at radius 3 is 3.00 bits per heavy atom. The highest BCUT2D eigenvalue weighted by atomic mass is 32.1. The summed E-state index contributed by atoms with van der Waals surface area (Å²) in [5.74, 6) is 1.61. The van der Waals surface area contributed by atoms with Gasteiger partial charge < -0.3 is 9.73 Å². The zero-order valence-electron chi connectivity index (χ0n) is 9.49. The molecule has 0 saturated carbocycles. The lowest BCUT2D eigenvalue weighted by molar-refractivity contribution is 0.497. The molecular weight excluding hydrogens is 222 g/mol. The first-order valence-corrected chi connectivity index (χ1v) is 6.25. The van der Waals surface area contributed by atoms with Crippen LogP contribution in [0, 0.1) is 6.92 Å². The SMILES string of the molecule is CCNCCc1ncc(-c2scnc2C)o1. The Hall–Kier alpha value is -1.20. The van der Waals surface area contributed by atoms with Gasteiger partial charge in [0, 0.05) is 13.0 Å². The second kappa shape index (κ2) is 5.23. The number of likely N-dealkylation sites (N-methyl/N-ethyl adjacent to an activating group) is 1. The highest BCUT2D eigenvalue weighted by Gasteiger charge is 2.10. The Morgan fingerprint density at radius 1 is 1.44 bits per heavy atom. The molecule has 2 heterocycles. The maximum absolute atomic E-state index is 5.67. The summed E-state index contributed by atoms with van der Waals surface area (Å²) in [6.07, 6.45) is 2.60. The van der Waals surface area contributed by atoms with Gasteiger partial charge in [-0.1, -0.05) is 6.92 Å². The van der Waals surface area contributed by atoms with Crippen molar-refractivity contribution in [3.8, 4) is 10.6 Å². The van der Waals surface area contributed by atoms with Crippen molar-refractivity contribution in [2.24, 2.45) is 0 Å². The fourth-order valence-electron chi connectivity index (χ4n) is 1.44. The van der Waals surface area contributed by atoms with E-state index in [2.05, 4.69) is 22.2 Å². The van der Waals surface area contributed by atoms with Crippen molar-refractivity contribution in [1.82, 2.24) is 15.3 Å². The number of rotatable bonds is 5. The summed E-state index contributed by atoms with van der Waals surface area (Å²) in [6, 6.07) is 0. The molecule has 86 valence electrons. The lowest BCUT2D eigenvalue weighted by Crippen LogP contribution is -2.16. The van der Waals surface area contributed by atoms with Crippen LogP contribution in [-0.4, -0.2) is 23.1 Å². The maximum Gasteiger partial charge on any atom is 0.196 e. The summed E-state index contributed by atoms with van der Waals surface area (Å²) < 4.78 is 5.67. The third-order valence-electron chi connectivity index (χ3n) is 2.29. The van der Waals surface area contributed by atoms with Crippen molar-refractivity contribution in [3.63, 3.8) is 0 Å². The first-order valence-electron chi connectivity index (χ1n) is 5.37. The van der Waals surface area contributed by atoms with Crippen LogP contribution in [0.4, 0.5) is 0 Å². The second-order valence-corrected chi connectivity index (χ2v) is 4.34. The summed E-state index contributed by atoms with van der Waals surface area (Å²) in [6.45, 7) is 5.94. The number of nitrogens with one attached hydrogen (secondary N) is 1. The van der Waals surface area contributed by atoms with Gasteiger partial charge in [-0.05, 0) is 13.5 Å². The van der Waals surface area contributed by atoms with Gasteiger partial charge in [-0.25, -0.2) is 9.97 Å². The van der Waals surface area contributed by atoms with Crippen LogP contribution in [-0.2, 0) is 6.42 Å². The molecule has 0 spiro atoms. The molecule has 0 saturated heterocycles. The van der Waals surface area contributed by atoms with Gasteiger partial charge >= 0.3 is 0 Å². The lowest BCUT2D eigenvalue weighted by atomic mass is 10.3. The standard InChI is InChI=1S/C11H15N3OS/c1-3-12-5-4-10-13-6-9(15-10)11-8(2)14-7-16-11/h6-7,12H,3-5H2,1-2H3. The van der Waals surface area contributed by atoms with E-state index < -0.39 is 0 Å². The summed E-state index contributed by atoms with van der Waals surface area (Å²) in [5.41, 5.74) is 2.82. The van der Waals surface area contributed by atoms with Crippen LogP contribution in [0.25, 0.3) is 10.6 Å². The van der Waals surface area contributed by atoms with Gasteiger partial charge in [0.15, 0.2) is 11.7 Å². The van der Waals surface area contributed by atoms with Crippen molar-refractivity contribution in [2.75, 3.05) is 13.1 Å². The van der Waals surface area contributed by atoms with Crippen LogP contribution < -0.4 is 5.32 Å². The summed E-state index contributed by atoms with van der Waals surface area (Å²) in [4.78, 5) is 9.52. The molecule has 0 aromatic carbocycles. The van der Waals surface area contributed by atoms with Gasteiger partial charge in [-0.3, -0.25) is 0 Å². The molecule has 5 heteroatoms. The van der Waals surface area contributed by atoms with Crippen molar-refractivity contribution in [1.29, 1.82) is 0 Å². The predicted molar refractivity (Wildman–Crippen MR) is 64.6 cm³/mol. The van der Waals surface area contributed by atoms with Crippen LogP contribution in [0.5, 0.6) is 0 Å². The molecule has 0 unspecified atom stereocenters. The average Bonchev–Trinajstić information content (AvgIpc) is 2.87. The Bertz CT molecular complexity index is 450. The van der Waals surface area contributed by atoms with Crippen LogP contribution in [0.2, 0.25) is 0 Å². The van der Waals surface area contributed by atoms with Crippen LogP contribution in [0.3, 0.4) is 0 Å². The molecule has 16 heavy (non-hydrogen) atoms. The fraction of sp³-hybridized carbons (Fsp3) is 0.455. The molecule has 0 aliphatic rings. The molecule has 1 N–H and O–H groups in total. The van der Waals surface area contributed by atoms with Crippen molar-refractivity contribution >= 4 is 11.3 Å². The zero-order chi connectivity index (χ0) is 11.4. The largest absolute Gasteiger partial charge is 0.440 e. The third kappa shape index (κ3) is 2.48. The van der Waals surface area contributed by atoms with E-state index in [4.69, 9.17) is 4.42 Å². The van der Waals surface area contributed by atoms with Gasteiger partial charge in [0.2, 0.25) is 0 Å². The van der Waals surface area contributed by atoms with E-state index in [1.165, 1.54) is 0 Å². The first-order chi connectivity index (χ1) is 7.81. The van der Waals surface area contributed by atoms with Gasteiger partial charge in [-0.15, -0.1) is 11.3 Å². The van der Waals surface area contributed by atoms with Gasteiger partial charge in [0.05, 0.1) is 22.3 Å². The first kappa shape index (κ1) is 11.3. The third-order valence-corrected chi connectivity index (χ3v) is 3.23. The second-order valence-electron chi connectivity index (χ2n) is 3.49. The topological polar surface area (TPSA) is 51.0 Å². The highest BCUT2D eigenvalue weighted by molar-refractivity contribution is 7.13. The van der Waals surface area contributed by atoms with E-state index in [9.17, 15) is 0 Å². The van der Waals surface area contributed by atoms with E-state index in [0.29, 0.717) is 0 Å². The smallest absolute Gasteiger partial charge is 0.196 e. The number of aromatic nitrogens is 2. The highest BCUT2D eigenvalue weighted by Crippen LogP contribution is 2.27. The monoisotopic (exact) mass is 237 g/mol. The van der Waals surface area contributed by atoms with Crippen LogP contribution >= 0.6 is 11.3 Å². The lowest BCUT2D eigenvalue weighted by Gasteiger charge is -1.96. The number of thiazole rings is 1. The molecule has 2 rings (SSSR count). The van der Waals surface area contributed by atoms with Gasteiger partial charge in [0.1, 0.15) is 0 Å².